The van der Waals surface area contributed by atoms with Crippen molar-refractivity contribution in [1.82, 2.24) is 9.97 Å². The van der Waals surface area contributed by atoms with Gasteiger partial charge in [0.25, 0.3) is 0 Å². The number of nitrogens with zero attached hydrogens (tertiary/aromatic N) is 2. The smallest absolute Gasteiger partial charge is 0.0571 e. The zero-order valence-electron chi connectivity index (χ0n) is 29.8. The van der Waals surface area contributed by atoms with Crippen molar-refractivity contribution >= 4 is 0 Å². The molecule has 7 nitrogen and oxygen atoms in total. The molecule has 0 amide bonds. The molecule has 6 atom stereocenters. The van der Waals surface area contributed by atoms with Gasteiger partial charge in [0.2, 0.25) is 0 Å². The molecule has 1 aliphatic rings. The van der Waals surface area contributed by atoms with Crippen molar-refractivity contribution < 1.29 is 0 Å². The fourth-order valence-corrected chi connectivity index (χ4v) is 5.42. The summed E-state index contributed by atoms with van der Waals surface area (Å²) < 4.78 is 0. The fraction of sp³-hybridized carbons (Fsp3) is 0.730. The molecule has 0 aromatic carbocycles. The van der Waals surface area contributed by atoms with Crippen molar-refractivity contribution in [2.24, 2.45) is 58.3 Å². The Bertz CT molecular complexity index is 853. The summed E-state index contributed by atoms with van der Waals surface area (Å²) in [6.07, 6.45) is 12.7. The second-order valence-electron chi connectivity index (χ2n) is 14.4. The number of hydrogen-bond acceptors (Lipinski definition) is 7. The molecule has 6 unspecified atom stereocenters. The molecule has 0 spiro atoms. The lowest BCUT2D eigenvalue weighted by molar-refractivity contribution is 0.255. The average Bonchev–Trinajstić information content (AvgIpc) is 2.95. The van der Waals surface area contributed by atoms with Crippen LogP contribution in [0.15, 0.2) is 48.8 Å². The van der Waals surface area contributed by atoms with E-state index >= 15 is 0 Å². The number of pyridine rings is 2. The Labute approximate surface area is 271 Å². The highest BCUT2D eigenvalue weighted by Crippen LogP contribution is 2.27. The van der Waals surface area contributed by atoms with E-state index < -0.39 is 0 Å². The van der Waals surface area contributed by atoms with Crippen LogP contribution < -0.4 is 28.7 Å². The van der Waals surface area contributed by atoms with E-state index in [4.69, 9.17) is 28.7 Å². The average molecular weight is 614 g/mol. The van der Waals surface area contributed by atoms with E-state index in [0.717, 1.165) is 67.7 Å². The summed E-state index contributed by atoms with van der Waals surface area (Å²) in [6.45, 7) is 19.8. The molecule has 1 fully saturated rings. The lowest BCUT2D eigenvalue weighted by atomic mass is 9.79. The summed E-state index contributed by atoms with van der Waals surface area (Å²) in [6, 6.07) is 12.8. The van der Waals surface area contributed by atoms with Crippen molar-refractivity contribution in [2.75, 3.05) is 0 Å². The van der Waals surface area contributed by atoms with Crippen LogP contribution in [0.25, 0.3) is 0 Å². The lowest BCUT2D eigenvalue weighted by Gasteiger charge is -2.32. The van der Waals surface area contributed by atoms with Gasteiger partial charge in [0.05, 0.1) is 11.4 Å². The zero-order valence-corrected chi connectivity index (χ0v) is 29.8. The molecule has 254 valence electrons. The minimum atomic E-state index is 0.0891. The van der Waals surface area contributed by atoms with Crippen LogP contribution in [0.1, 0.15) is 137 Å². The van der Waals surface area contributed by atoms with Crippen molar-refractivity contribution in [3.63, 3.8) is 0 Å². The number of hydrogen-bond donors (Lipinski definition) is 5. The van der Waals surface area contributed by atoms with Crippen molar-refractivity contribution in [1.29, 1.82) is 0 Å². The Hall–Kier alpha value is -1.90. The molecule has 0 radical (unpaired) electrons. The Balaban J connectivity index is 0.000000567. The molecule has 7 heteroatoms. The van der Waals surface area contributed by atoms with Crippen LogP contribution in [0.4, 0.5) is 0 Å². The third-order valence-electron chi connectivity index (χ3n) is 7.75. The second kappa shape index (κ2) is 24.3. The second-order valence-corrected chi connectivity index (χ2v) is 14.4. The van der Waals surface area contributed by atoms with Crippen molar-refractivity contribution in [2.45, 2.75) is 144 Å². The predicted octanol–water partition coefficient (Wildman–Crippen LogP) is 7.51. The van der Waals surface area contributed by atoms with Crippen LogP contribution in [-0.4, -0.2) is 28.1 Å². The highest BCUT2D eigenvalue weighted by molar-refractivity contribution is 5.08. The maximum atomic E-state index is 5.93. The van der Waals surface area contributed by atoms with E-state index in [9.17, 15) is 0 Å². The van der Waals surface area contributed by atoms with E-state index in [1.165, 1.54) is 12.8 Å². The Morgan fingerprint density at radius 1 is 0.636 bits per heavy atom. The Kier molecular flexibility index (Phi) is 23.3. The minimum Gasteiger partial charge on any atom is -0.328 e. The van der Waals surface area contributed by atoms with Crippen LogP contribution in [-0.2, 0) is 0 Å². The van der Waals surface area contributed by atoms with Gasteiger partial charge in [-0.3, -0.25) is 9.97 Å². The van der Waals surface area contributed by atoms with E-state index in [2.05, 4.69) is 72.3 Å². The van der Waals surface area contributed by atoms with E-state index in [1.54, 1.807) is 12.4 Å². The molecular formula is C37H71N7. The first kappa shape index (κ1) is 42.1. The fourth-order valence-electron chi connectivity index (χ4n) is 5.42. The molecule has 2 aromatic rings. The topological polar surface area (TPSA) is 156 Å². The van der Waals surface area contributed by atoms with Gasteiger partial charge >= 0.3 is 0 Å². The summed E-state index contributed by atoms with van der Waals surface area (Å²) in [5.41, 5.74) is 31.3. The summed E-state index contributed by atoms with van der Waals surface area (Å²) in [4.78, 5) is 8.41. The summed E-state index contributed by atoms with van der Waals surface area (Å²) in [7, 11) is 0. The van der Waals surface area contributed by atoms with E-state index in [0.29, 0.717) is 17.9 Å². The molecule has 0 aliphatic heterocycles. The molecule has 0 saturated heterocycles. The molecule has 2 heterocycles. The maximum Gasteiger partial charge on any atom is 0.0571 e. The molecule has 1 saturated carbocycles. The van der Waals surface area contributed by atoms with Gasteiger partial charge in [0.1, 0.15) is 0 Å². The number of nitrogens with two attached hydrogens (primary N) is 5. The van der Waals surface area contributed by atoms with E-state index in [-0.39, 0.29) is 24.2 Å². The predicted molar refractivity (Wildman–Crippen MR) is 192 cm³/mol. The molecular weight excluding hydrogens is 542 g/mol. The van der Waals surface area contributed by atoms with Gasteiger partial charge in [0, 0.05) is 42.6 Å². The number of aromatic nitrogens is 2. The van der Waals surface area contributed by atoms with Crippen LogP contribution in [0, 0.1) is 29.6 Å². The quantitative estimate of drug-likeness (QED) is 0.175. The van der Waals surface area contributed by atoms with Crippen LogP contribution in [0.5, 0.6) is 0 Å². The van der Waals surface area contributed by atoms with Gasteiger partial charge < -0.3 is 28.7 Å². The first-order valence-corrected chi connectivity index (χ1v) is 17.3. The van der Waals surface area contributed by atoms with Crippen LogP contribution >= 0.6 is 0 Å². The third-order valence-corrected chi connectivity index (χ3v) is 7.75. The molecule has 44 heavy (non-hydrogen) atoms. The third kappa shape index (κ3) is 21.7. The Morgan fingerprint density at radius 2 is 1.09 bits per heavy atom. The van der Waals surface area contributed by atoms with Gasteiger partial charge in [0.15, 0.2) is 0 Å². The number of rotatable bonds is 11. The maximum absolute atomic E-state index is 5.93. The Morgan fingerprint density at radius 3 is 1.39 bits per heavy atom. The van der Waals surface area contributed by atoms with Crippen LogP contribution in [0.3, 0.4) is 0 Å². The molecule has 1 aliphatic carbocycles. The van der Waals surface area contributed by atoms with Crippen molar-refractivity contribution in [3.8, 4) is 0 Å². The van der Waals surface area contributed by atoms with Gasteiger partial charge in [-0.15, -0.1) is 0 Å². The first-order valence-electron chi connectivity index (χ1n) is 17.3. The normalized spacial score (nSPS) is 20.1. The summed E-state index contributed by atoms with van der Waals surface area (Å²) in [5, 5.41) is 0. The minimum absolute atomic E-state index is 0.0891. The summed E-state index contributed by atoms with van der Waals surface area (Å²) in [5.74, 6) is 3.64. The lowest BCUT2D eigenvalue weighted by Crippen LogP contribution is -2.46. The van der Waals surface area contributed by atoms with Gasteiger partial charge in [-0.2, -0.15) is 0 Å². The van der Waals surface area contributed by atoms with Gasteiger partial charge in [-0.1, -0.05) is 74.4 Å². The van der Waals surface area contributed by atoms with Gasteiger partial charge in [-0.25, -0.2) is 0 Å². The standard InChI is InChI=1S/C10H22N2.2C10H16N2.C7H17N/c1-7(2)5-8-3-4-9(11)10(12)6-8;2*1-8(2)7-9(11)10-5-3-4-6-12-10;1-4-7(8)5-6(2)3/h7-10H,3-6,11-12H2,1-2H3;2*3-6,8-9H,7,11H2,1-2H3;6-7H,4-5,8H2,1-3H3. The SMILES string of the molecule is CC(C)CC(N)c1ccccn1.CC(C)CC(N)c1ccccn1.CC(C)CC1CCC(N)C(N)C1.CCC(N)CC(C)C. The molecule has 2 aromatic heterocycles. The largest absolute Gasteiger partial charge is 0.328 e. The van der Waals surface area contributed by atoms with Crippen LogP contribution in [0.2, 0.25) is 0 Å². The van der Waals surface area contributed by atoms with Crippen molar-refractivity contribution in [3.05, 3.63) is 60.2 Å². The highest BCUT2D eigenvalue weighted by Gasteiger charge is 2.25. The highest BCUT2D eigenvalue weighted by atomic mass is 14.8. The van der Waals surface area contributed by atoms with E-state index in [1.807, 2.05) is 36.4 Å². The van der Waals surface area contributed by atoms with Gasteiger partial charge in [-0.05, 0) is 105 Å². The monoisotopic (exact) mass is 614 g/mol. The molecule has 10 N–H and O–H groups in total. The molecule has 3 rings (SSSR count). The summed E-state index contributed by atoms with van der Waals surface area (Å²) >= 11 is 0. The molecule has 0 bridgehead atoms. The zero-order chi connectivity index (χ0) is 33.7. The first-order chi connectivity index (χ1) is 20.7.